The fraction of sp³-hybridized carbons (Fsp3) is 0.273. The summed E-state index contributed by atoms with van der Waals surface area (Å²) < 4.78 is 36.9. The molecule has 0 fully saturated rings. The van der Waals surface area contributed by atoms with Crippen LogP contribution in [0.2, 0.25) is 0 Å². The second kappa shape index (κ2) is 5.07. The molecule has 1 rings (SSSR count). The maximum absolute atomic E-state index is 12.3. The highest BCUT2D eigenvalue weighted by Gasteiger charge is 2.30. The van der Waals surface area contributed by atoms with Crippen molar-refractivity contribution in [3.63, 3.8) is 0 Å². The molecule has 18 heavy (non-hydrogen) atoms. The minimum absolute atomic E-state index is 0.387. The van der Waals surface area contributed by atoms with Crippen molar-refractivity contribution in [3.8, 4) is 0 Å². The summed E-state index contributed by atoms with van der Waals surface area (Å²) in [5.41, 5.74) is -0.416. The molecule has 0 radical (unpaired) electrons. The number of rotatable bonds is 2. The number of benzene rings is 1. The Labute approximate surface area is 100 Å². The van der Waals surface area contributed by atoms with Crippen molar-refractivity contribution in [2.75, 3.05) is 0 Å². The summed E-state index contributed by atoms with van der Waals surface area (Å²) in [6.07, 6.45) is -4.42. The number of carbonyl (C=O) groups is 2. The molecule has 0 aromatic heterocycles. The topological polar surface area (TPSA) is 66.4 Å². The highest BCUT2D eigenvalue weighted by atomic mass is 19.4. The first-order valence-electron chi connectivity index (χ1n) is 4.92. The molecule has 0 saturated carbocycles. The Balaban J connectivity index is 2.79. The lowest BCUT2D eigenvalue weighted by atomic mass is 10.1. The van der Waals surface area contributed by atoms with E-state index < -0.39 is 29.7 Å². The maximum atomic E-state index is 12.3. The second-order valence-electron chi connectivity index (χ2n) is 3.62. The van der Waals surface area contributed by atoms with Crippen molar-refractivity contribution in [2.45, 2.75) is 19.1 Å². The molecule has 0 saturated heterocycles. The lowest BCUT2D eigenvalue weighted by molar-refractivity contribution is -0.150. The summed E-state index contributed by atoms with van der Waals surface area (Å²) in [6, 6.07) is 3.44. The Kier molecular flexibility index (Phi) is 3.95. The zero-order chi connectivity index (χ0) is 13.9. The van der Waals surface area contributed by atoms with Crippen LogP contribution >= 0.6 is 0 Å². The molecule has 2 N–H and O–H groups in total. The normalized spacial score (nSPS) is 12.9. The number of amides is 1. The Hall–Kier alpha value is -2.05. The predicted molar refractivity (Wildman–Crippen MR) is 55.6 cm³/mol. The molecule has 7 heteroatoms. The molecule has 1 amide bonds. The molecular weight excluding hydrogens is 251 g/mol. The number of carboxylic acids is 1. The van der Waals surface area contributed by atoms with Gasteiger partial charge >= 0.3 is 18.1 Å². The van der Waals surface area contributed by atoms with Crippen molar-refractivity contribution in [1.82, 2.24) is 5.32 Å². The number of carboxylic acid groups (broad SMARTS) is 1. The quantitative estimate of drug-likeness (QED) is 0.800. The van der Waals surface area contributed by atoms with Gasteiger partial charge in [0.05, 0.1) is 11.6 Å². The molecule has 0 aliphatic heterocycles. The SMILES string of the molecule is CC(NC(=O)C(=O)O)c1ccc(C(F)(F)F)cc1. The number of carbonyl (C=O) groups excluding carboxylic acids is 1. The number of hydrogen-bond acceptors (Lipinski definition) is 2. The van der Waals surface area contributed by atoms with Crippen LogP contribution in [0, 0.1) is 0 Å². The Morgan fingerprint density at radius 2 is 1.72 bits per heavy atom. The molecule has 1 unspecified atom stereocenters. The minimum atomic E-state index is -4.42. The van der Waals surface area contributed by atoms with E-state index in [0.717, 1.165) is 12.1 Å². The van der Waals surface area contributed by atoms with E-state index in [1.165, 1.54) is 19.1 Å². The van der Waals surface area contributed by atoms with Gasteiger partial charge in [0.25, 0.3) is 0 Å². The fourth-order valence-electron chi connectivity index (χ4n) is 1.30. The van der Waals surface area contributed by atoms with Gasteiger partial charge in [-0.25, -0.2) is 4.79 Å². The third kappa shape index (κ3) is 3.47. The summed E-state index contributed by atoms with van der Waals surface area (Å²) in [5.74, 6) is -2.85. The van der Waals surface area contributed by atoms with Crippen LogP contribution in [0.15, 0.2) is 24.3 Å². The van der Waals surface area contributed by atoms with Gasteiger partial charge in [-0.2, -0.15) is 13.2 Å². The molecule has 4 nitrogen and oxygen atoms in total. The van der Waals surface area contributed by atoms with Crippen molar-refractivity contribution in [1.29, 1.82) is 0 Å². The molecule has 1 aromatic rings. The first-order chi connectivity index (χ1) is 8.21. The highest BCUT2D eigenvalue weighted by molar-refractivity contribution is 6.31. The standard InChI is InChI=1S/C11H10F3NO3/c1-6(15-9(16)10(17)18)7-2-4-8(5-3-7)11(12,13)14/h2-6H,1H3,(H,15,16)(H,17,18). The van der Waals surface area contributed by atoms with E-state index in [2.05, 4.69) is 5.32 Å². The zero-order valence-electron chi connectivity index (χ0n) is 9.28. The average molecular weight is 261 g/mol. The molecule has 0 aliphatic carbocycles. The summed E-state index contributed by atoms with van der Waals surface area (Å²) >= 11 is 0. The summed E-state index contributed by atoms with van der Waals surface area (Å²) in [4.78, 5) is 21.2. The van der Waals surface area contributed by atoms with Crippen molar-refractivity contribution in [3.05, 3.63) is 35.4 Å². The molecule has 0 heterocycles. The first-order valence-corrected chi connectivity index (χ1v) is 4.92. The Morgan fingerprint density at radius 3 is 2.11 bits per heavy atom. The van der Waals surface area contributed by atoms with Gasteiger partial charge in [-0.05, 0) is 24.6 Å². The van der Waals surface area contributed by atoms with Crippen LogP contribution in [-0.2, 0) is 15.8 Å². The Morgan fingerprint density at radius 1 is 1.22 bits per heavy atom. The molecule has 98 valence electrons. The molecule has 1 aromatic carbocycles. The van der Waals surface area contributed by atoms with E-state index in [-0.39, 0.29) is 0 Å². The molecule has 1 atom stereocenters. The monoisotopic (exact) mass is 261 g/mol. The van der Waals surface area contributed by atoms with Crippen molar-refractivity contribution >= 4 is 11.9 Å². The number of halogens is 3. The van der Waals surface area contributed by atoms with Gasteiger partial charge < -0.3 is 10.4 Å². The van der Waals surface area contributed by atoms with E-state index in [0.29, 0.717) is 5.56 Å². The summed E-state index contributed by atoms with van der Waals surface area (Å²) in [5, 5.41) is 10.5. The molecule has 0 bridgehead atoms. The third-order valence-corrected chi connectivity index (χ3v) is 2.28. The molecule has 0 spiro atoms. The first kappa shape index (κ1) is 14.0. The van der Waals surface area contributed by atoms with Crippen LogP contribution < -0.4 is 5.32 Å². The number of alkyl halides is 3. The van der Waals surface area contributed by atoms with Crippen LogP contribution in [0.3, 0.4) is 0 Å². The van der Waals surface area contributed by atoms with E-state index in [1.54, 1.807) is 0 Å². The van der Waals surface area contributed by atoms with Gasteiger partial charge in [-0.15, -0.1) is 0 Å². The minimum Gasteiger partial charge on any atom is -0.474 e. The predicted octanol–water partition coefficient (Wildman–Crippen LogP) is 1.97. The smallest absolute Gasteiger partial charge is 0.416 e. The van der Waals surface area contributed by atoms with Crippen molar-refractivity contribution in [2.24, 2.45) is 0 Å². The van der Waals surface area contributed by atoms with Crippen LogP contribution in [0.4, 0.5) is 13.2 Å². The van der Waals surface area contributed by atoms with E-state index in [1.807, 2.05) is 0 Å². The summed E-state index contributed by atoms with van der Waals surface area (Å²) in [7, 11) is 0. The Bertz CT molecular complexity index is 454. The van der Waals surface area contributed by atoms with E-state index in [9.17, 15) is 22.8 Å². The summed E-state index contributed by atoms with van der Waals surface area (Å²) in [6.45, 7) is 1.48. The van der Waals surface area contributed by atoms with Crippen LogP contribution in [-0.4, -0.2) is 17.0 Å². The number of hydrogen-bond donors (Lipinski definition) is 2. The van der Waals surface area contributed by atoms with Crippen LogP contribution in [0.5, 0.6) is 0 Å². The van der Waals surface area contributed by atoms with Gasteiger partial charge in [0.1, 0.15) is 0 Å². The largest absolute Gasteiger partial charge is 0.474 e. The van der Waals surface area contributed by atoms with Crippen LogP contribution in [0.25, 0.3) is 0 Å². The average Bonchev–Trinajstić information content (AvgIpc) is 2.27. The molecular formula is C11H10F3NO3. The highest BCUT2D eigenvalue weighted by Crippen LogP contribution is 2.29. The van der Waals surface area contributed by atoms with Gasteiger partial charge in [0.2, 0.25) is 0 Å². The maximum Gasteiger partial charge on any atom is 0.416 e. The van der Waals surface area contributed by atoms with Crippen molar-refractivity contribution < 1.29 is 27.9 Å². The molecule has 0 aliphatic rings. The third-order valence-electron chi connectivity index (χ3n) is 2.28. The lowest BCUT2D eigenvalue weighted by Crippen LogP contribution is -2.32. The van der Waals surface area contributed by atoms with E-state index >= 15 is 0 Å². The van der Waals surface area contributed by atoms with Gasteiger partial charge in [-0.1, -0.05) is 12.1 Å². The van der Waals surface area contributed by atoms with Gasteiger partial charge in [-0.3, -0.25) is 4.79 Å². The number of aliphatic carboxylic acids is 1. The number of nitrogens with one attached hydrogen (secondary N) is 1. The second-order valence-corrected chi connectivity index (χ2v) is 3.62. The fourth-order valence-corrected chi connectivity index (χ4v) is 1.30. The lowest BCUT2D eigenvalue weighted by Gasteiger charge is -2.14. The van der Waals surface area contributed by atoms with Gasteiger partial charge in [0.15, 0.2) is 0 Å². The zero-order valence-corrected chi connectivity index (χ0v) is 9.28. The van der Waals surface area contributed by atoms with E-state index in [4.69, 9.17) is 5.11 Å². The van der Waals surface area contributed by atoms with Crippen LogP contribution in [0.1, 0.15) is 24.1 Å². The van der Waals surface area contributed by atoms with Gasteiger partial charge in [0, 0.05) is 0 Å².